The molecule has 0 aromatic heterocycles. The number of rotatable bonds is 5. The summed E-state index contributed by atoms with van der Waals surface area (Å²) < 4.78 is 25.0. The van der Waals surface area contributed by atoms with E-state index >= 15 is 0 Å². The molecule has 0 bridgehead atoms. The molecule has 1 saturated carbocycles. The van der Waals surface area contributed by atoms with E-state index in [0.29, 0.717) is 5.92 Å². The SMILES string of the molecule is CC(NCC(F)(F)CO)C1CC1. The molecule has 72 valence electrons. The van der Waals surface area contributed by atoms with E-state index < -0.39 is 19.1 Å². The lowest BCUT2D eigenvalue weighted by molar-refractivity contribution is -0.0493. The number of aliphatic hydroxyl groups excluding tert-OH is 1. The summed E-state index contributed by atoms with van der Waals surface area (Å²) in [4.78, 5) is 0. The second-order valence-electron chi connectivity index (χ2n) is 3.52. The van der Waals surface area contributed by atoms with Crippen molar-refractivity contribution in [1.29, 1.82) is 0 Å². The second-order valence-corrected chi connectivity index (χ2v) is 3.52. The van der Waals surface area contributed by atoms with Crippen molar-refractivity contribution in [1.82, 2.24) is 5.32 Å². The van der Waals surface area contributed by atoms with Crippen molar-refractivity contribution in [2.24, 2.45) is 5.92 Å². The maximum Gasteiger partial charge on any atom is 0.282 e. The van der Waals surface area contributed by atoms with Gasteiger partial charge >= 0.3 is 0 Å². The van der Waals surface area contributed by atoms with E-state index in [4.69, 9.17) is 5.11 Å². The molecule has 0 amide bonds. The van der Waals surface area contributed by atoms with Crippen molar-refractivity contribution in [3.05, 3.63) is 0 Å². The van der Waals surface area contributed by atoms with Crippen LogP contribution in [0.1, 0.15) is 19.8 Å². The van der Waals surface area contributed by atoms with Crippen molar-refractivity contribution >= 4 is 0 Å². The molecule has 1 aliphatic rings. The first-order valence-electron chi connectivity index (χ1n) is 4.27. The highest BCUT2D eigenvalue weighted by atomic mass is 19.3. The number of aliphatic hydroxyl groups is 1. The molecule has 1 rings (SSSR count). The lowest BCUT2D eigenvalue weighted by Gasteiger charge is -2.18. The average Bonchev–Trinajstić information content (AvgIpc) is 2.83. The van der Waals surface area contributed by atoms with Crippen LogP contribution in [-0.2, 0) is 0 Å². The van der Waals surface area contributed by atoms with Gasteiger partial charge in [0.1, 0.15) is 6.61 Å². The summed E-state index contributed by atoms with van der Waals surface area (Å²) in [7, 11) is 0. The first-order valence-corrected chi connectivity index (χ1v) is 4.27. The molecule has 1 fully saturated rings. The zero-order valence-electron chi connectivity index (χ0n) is 7.19. The van der Waals surface area contributed by atoms with Crippen LogP contribution in [0.2, 0.25) is 0 Å². The van der Waals surface area contributed by atoms with Crippen LogP contribution < -0.4 is 5.32 Å². The number of hydrogen-bond acceptors (Lipinski definition) is 2. The molecule has 2 nitrogen and oxygen atoms in total. The summed E-state index contributed by atoms with van der Waals surface area (Å²) in [5.41, 5.74) is 0. The molecule has 0 aliphatic heterocycles. The van der Waals surface area contributed by atoms with E-state index in [1.807, 2.05) is 6.92 Å². The Labute approximate surface area is 71.0 Å². The van der Waals surface area contributed by atoms with Gasteiger partial charge in [0.05, 0.1) is 6.54 Å². The lowest BCUT2D eigenvalue weighted by atomic mass is 10.2. The monoisotopic (exact) mass is 179 g/mol. The minimum atomic E-state index is -2.97. The fourth-order valence-corrected chi connectivity index (χ4v) is 1.13. The molecule has 4 heteroatoms. The van der Waals surface area contributed by atoms with Crippen molar-refractivity contribution in [3.8, 4) is 0 Å². The van der Waals surface area contributed by atoms with Crippen LogP contribution in [0, 0.1) is 5.92 Å². The molecule has 0 spiro atoms. The van der Waals surface area contributed by atoms with Crippen molar-refractivity contribution in [2.75, 3.05) is 13.2 Å². The van der Waals surface area contributed by atoms with E-state index in [2.05, 4.69) is 5.32 Å². The molecule has 0 heterocycles. The van der Waals surface area contributed by atoms with Gasteiger partial charge < -0.3 is 10.4 Å². The normalized spacial score (nSPS) is 21.0. The number of hydrogen-bond donors (Lipinski definition) is 2. The molecule has 1 unspecified atom stereocenters. The van der Waals surface area contributed by atoms with Crippen LogP contribution in [-0.4, -0.2) is 30.2 Å². The third-order valence-corrected chi connectivity index (χ3v) is 2.24. The molecule has 0 aromatic carbocycles. The molecule has 0 saturated heterocycles. The number of alkyl halides is 2. The molecule has 1 atom stereocenters. The zero-order chi connectivity index (χ0) is 9.19. The van der Waals surface area contributed by atoms with Gasteiger partial charge in [-0.2, -0.15) is 0 Å². The third kappa shape index (κ3) is 3.03. The van der Waals surface area contributed by atoms with Crippen molar-refractivity contribution in [2.45, 2.75) is 31.7 Å². The minimum absolute atomic E-state index is 0.155. The molecular formula is C8H15F2NO. The fraction of sp³-hybridized carbons (Fsp3) is 1.00. The highest BCUT2D eigenvalue weighted by Gasteiger charge is 2.32. The molecule has 2 N–H and O–H groups in total. The lowest BCUT2D eigenvalue weighted by Crippen LogP contribution is -2.40. The van der Waals surface area contributed by atoms with Gasteiger partial charge in [0.15, 0.2) is 0 Å². The maximum absolute atomic E-state index is 12.5. The highest BCUT2D eigenvalue weighted by Crippen LogP contribution is 2.32. The van der Waals surface area contributed by atoms with Crippen LogP contribution in [0.15, 0.2) is 0 Å². The van der Waals surface area contributed by atoms with Crippen LogP contribution in [0.4, 0.5) is 8.78 Å². The van der Waals surface area contributed by atoms with E-state index in [9.17, 15) is 8.78 Å². The van der Waals surface area contributed by atoms with Crippen LogP contribution in [0.25, 0.3) is 0 Å². The summed E-state index contributed by atoms with van der Waals surface area (Å²) >= 11 is 0. The van der Waals surface area contributed by atoms with E-state index in [1.54, 1.807) is 0 Å². The van der Waals surface area contributed by atoms with Gasteiger partial charge in [0, 0.05) is 6.04 Å². The Hall–Kier alpha value is -0.220. The summed E-state index contributed by atoms with van der Waals surface area (Å²) in [6, 6.07) is 0.155. The van der Waals surface area contributed by atoms with Gasteiger partial charge in [-0.25, -0.2) is 8.78 Å². The quantitative estimate of drug-likeness (QED) is 0.660. The van der Waals surface area contributed by atoms with Gasteiger partial charge in [-0.05, 0) is 25.7 Å². The summed E-state index contributed by atoms with van der Waals surface area (Å²) in [5.74, 6) is -2.40. The zero-order valence-corrected chi connectivity index (χ0v) is 7.19. The van der Waals surface area contributed by atoms with Gasteiger partial charge in [0.2, 0.25) is 0 Å². The van der Waals surface area contributed by atoms with E-state index in [-0.39, 0.29) is 6.04 Å². The van der Waals surface area contributed by atoms with Crippen LogP contribution >= 0.6 is 0 Å². The van der Waals surface area contributed by atoms with Gasteiger partial charge in [-0.1, -0.05) is 0 Å². The molecule has 0 aromatic rings. The van der Waals surface area contributed by atoms with Crippen LogP contribution in [0.5, 0.6) is 0 Å². The maximum atomic E-state index is 12.5. The smallest absolute Gasteiger partial charge is 0.282 e. The van der Waals surface area contributed by atoms with Gasteiger partial charge in [0.25, 0.3) is 5.92 Å². The predicted molar refractivity (Wildman–Crippen MR) is 42.2 cm³/mol. The van der Waals surface area contributed by atoms with Crippen LogP contribution in [0.3, 0.4) is 0 Å². The van der Waals surface area contributed by atoms with Gasteiger partial charge in [-0.15, -0.1) is 0 Å². The first-order chi connectivity index (χ1) is 5.55. The topological polar surface area (TPSA) is 32.3 Å². The molecule has 0 radical (unpaired) electrons. The Morgan fingerprint density at radius 3 is 2.58 bits per heavy atom. The van der Waals surface area contributed by atoms with Crippen molar-refractivity contribution in [3.63, 3.8) is 0 Å². The largest absolute Gasteiger partial charge is 0.390 e. The predicted octanol–water partition coefficient (Wildman–Crippen LogP) is 1.00. The second kappa shape index (κ2) is 3.66. The highest BCUT2D eigenvalue weighted by molar-refractivity contribution is 4.84. The summed E-state index contributed by atoms with van der Waals surface area (Å²) in [6.07, 6.45) is 2.28. The van der Waals surface area contributed by atoms with Gasteiger partial charge in [-0.3, -0.25) is 0 Å². The number of nitrogens with one attached hydrogen (secondary N) is 1. The summed E-state index contributed by atoms with van der Waals surface area (Å²) in [5, 5.41) is 11.0. The molecular weight excluding hydrogens is 164 g/mol. The Balaban J connectivity index is 2.14. The van der Waals surface area contributed by atoms with E-state index in [0.717, 1.165) is 12.8 Å². The Morgan fingerprint density at radius 2 is 2.17 bits per heavy atom. The number of halogens is 2. The average molecular weight is 179 g/mol. The molecule has 12 heavy (non-hydrogen) atoms. The third-order valence-electron chi connectivity index (χ3n) is 2.24. The fourth-order valence-electron chi connectivity index (χ4n) is 1.13. The Kier molecular flexibility index (Phi) is 3.01. The Morgan fingerprint density at radius 1 is 1.58 bits per heavy atom. The summed E-state index contributed by atoms with van der Waals surface area (Å²) in [6.45, 7) is 0.420. The standard InChI is InChI=1S/C8H15F2NO/c1-6(7-2-3-7)11-4-8(9,10)5-12/h6-7,11-12H,2-5H2,1H3. The first kappa shape index (κ1) is 9.86. The molecule has 1 aliphatic carbocycles. The van der Waals surface area contributed by atoms with Crippen molar-refractivity contribution < 1.29 is 13.9 Å². The minimum Gasteiger partial charge on any atom is -0.390 e. The Bertz CT molecular complexity index is 148. The van der Waals surface area contributed by atoms with E-state index in [1.165, 1.54) is 0 Å².